The summed E-state index contributed by atoms with van der Waals surface area (Å²) in [5.74, 6) is 0.533. The lowest BCUT2D eigenvalue weighted by atomic mass is 9.57. The number of hydrogen-bond acceptors (Lipinski definition) is 5. The zero-order valence-electron chi connectivity index (χ0n) is 15.0. The standard InChI is InChI=1S/C20H26O5/c1-20(2,5-4-18(24)25-3)13-8-16(22)19(17(23)9-13)14-10-15(21)12-6-11(14)7-12/h8-9,11-12,14,22-23H,4-7,10H2,1-3H3/t11?,12?,14-/m1/s1. The Kier molecular flexibility index (Phi) is 4.52. The summed E-state index contributed by atoms with van der Waals surface area (Å²) in [5.41, 5.74) is 0.874. The Morgan fingerprint density at radius 2 is 1.84 bits per heavy atom. The van der Waals surface area contributed by atoms with Crippen molar-refractivity contribution in [3.63, 3.8) is 0 Å². The number of methoxy groups -OCH3 is 1. The Labute approximate surface area is 148 Å². The number of aromatic hydroxyl groups is 2. The maximum Gasteiger partial charge on any atom is 0.305 e. The molecule has 3 aliphatic rings. The monoisotopic (exact) mass is 346 g/mol. The summed E-state index contributed by atoms with van der Waals surface area (Å²) in [6.07, 6.45) is 2.96. The quantitative estimate of drug-likeness (QED) is 0.798. The smallest absolute Gasteiger partial charge is 0.305 e. The first-order chi connectivity index (χ1) is 11.7. The number of carbonyl (C=O) groups excluding carboxylic acids is 2. The molecule has 0 aliphatic heterocycles. The van der Waals surface area contributed by atoms with Crippen molar-refractivity contribution in [2.75, 3.05) is 7.11 Å². The fraction of sp³-hybridized carbons (Fsp3) is 0.600. The minimum atomic E-state index is -0.397. The maximum absolute atomic E-state index is 12.0. The maximum atomic E-state index is 12.0. The van der Waals surface area contributed by atoms with E-state index in [1.165, 1.54) is 7.11 Å². The van der Waals surface area contributed by atoms with E-state index in [-0.39, 0.29) is 41.5 Å². The van der Waals surface area contributed by atoms with Crippen molar-refractivity contribution in [3.8, 4) is 11.5 Å². The summed E-state index contributed by atoms with van der Waals surface area (Å²) in [5, 5.41) is 21.1. The van der Waals surface area contributed by atoms with E-state index >= 15 is 0 Å². The molecule has 0 aromatic heterocycles. The summed E-state index contributed by atoms with van der Waals surface area (Å²) in [7, 11) is 1.36. The van der Waals surface area contributed by atoms with Crippen LogP contribution in [0, 0.1) is 11.8 Å². The number of fused-ring (bicyclic) bond motifs is 2. The molecule has 1 aromatic rings. The zero-order valence-corrected chi connectivity index (χ0v) is 15.0. The van der Waals surface area contributed by atoms with E-state index < -0.39 is 5.41 Å². The molecule has 0 amide bonds. The SMILES string of the molecule is COC(=O)CCC(C)(C)c1cc(O)c([C@@H]2CC(=O)C3CC2C3)c(O)c1. The van der Waals surface area contributed by atoms with Crippen molar-refractivity contribution in [2.24, 2.45) is 11.8 Å². The van der Waals surface area contributed by atoms with Crippen LogP contribution in [0.4, 0.5) is 0 Å². The van der Waals surface area contributed by atoms with Crippen LogP contribution in [-0.2, 0) is 19.7 Å². The lowest BCUT2D eigenvalue weighted by Crippen LogP contribution is -2.41. The highest BCUT2D eigenvalue weighted by Gasteiger charge is 2.47. The molecule has 1 aromatic carbocycles. The Hall–Kier alpha value is -2.04. The van der Waals surface area contributed by atoms with E-state index in [1.54, 1.807) is 12.1 Å². The van der Waals surface area contributed by atoms with Crippen LogP contribution in [0.2, 0.25) is 0 Å². The third-order valence-corrected chi connectivity index (χ3v) is 6.09. The molecule has 3 aliphatic carbocycles. The van der Waals surface area contributed by atoms with Crippen LogP contribution in [0.25, 0.3) is 0 Å². The van der Waals surface area contributed by atoms with E-state index in [0.29, 0.717) is 24.3 Å². The lowest BCUT2D eigenvalue weighted by Gasteiger charge is -2.45. The summed E-state index contributed by atoms with van der Waals surface area (Å²) in [6, 6.07) is 3.34. The number of ether oxygens (including phenoxy) is 1. The molecule has 25 heavy (non-hydrogen) atoms. The summed E-state index contributed by atoms with van der Waals surface area (Å²) in [6.45, 7) is 3.93. The Morgan fingerprint density at radius 1 is 1.24 bits per heavy atom. The van der Waals surface area contributed by atoms with E-state index in [2.05, 4.69) is 4.74 Å². The van der Waals surface area contributed by atoms with Crippen LogP contribution >= 0.6 is 0 Å². The van der Waals surface area contributed by atoms with E-state index in [0.717, 1.165) is 18.4 Å². The molecule has 4 rings (SSSR count). The number of esters is 1. The average Bonchev–Trinajstić information content (AvgIpc) is 2.50. The van der Waals surface area contributed by atoms with Crippen molar-refractivity contribution in [2.45, 2.75) is 57.3 Å². The topological polar surface area (TPSA) is 83.8 Å². The predicted molar refractivity (Wildman–Crippen MR) is 92.6 cm³/mol. The molecule has 1 atom stereocenters. The van der Waals surface area contributed by atoms with Gasteiger partial charge in [0.05, 0.1) is 7.11 Å². The van der Waals surface area contributed by atoms with Crippen LogP contribution in [-0.4, -0.2) is 29.1 Å². The summed E-state index contributed by atoms with van der Waals surface area (Å²) < 4.78 is 4.68. The van der Waals surface area contributed by atoms with Gasteiger partial charge in [-0.05, 0) is 48.3 Å². The van der Waals surface area contributed by atoms with Gasteiger partial charge in [0, 0.05) is 30.2 Å². The molecule has 0 spiro atoms. The molecular weight excluding hydrogens is 320 g/mol. The van der Waals surface area contributed by atoms with Crippen LogP contribution in [0.5, 0.6) is 11.5 Å². The Balaban J connectivity index is 1.85. The molecule has 2 bridgehead atoms. The van der Waals surface area contributed by atoms with Crippen molar-refractivity contribution < 1.29 is 24.5 Å². The number of phenolic OH excluding ortho intramolecular Hbond substituents is 2. The average molecular weight is 346 g/mol. The molecule has 0 saturated heterocycles. The van der Waals surface area contributed by atoms with E-state index in [1.807, 2.05) is 13.8 Å². The number of rotatable bonds is 5. The van der Waals surface area contributed by atoms with Gasteiger partial charge in [-0.15, -0.1) is 0 Å². The second kappa shape index (κ2) is 6.36. The summed E-state index contributed by atoms with van der Waals surface area (Å²) >= 11 is 0. The van der Waals surface area contributed by atoms with Crippen molar-refractivity contribution in [1.82, 2.24) is 0 Å². The second-order valence-corrected chi connectivity index (χ2v) is 8.09. The third kappa shape index (κ3) is 3.24. The molecule has 0 heterocycles. The molecule has 5 heteroatoms. The van der Waals surface area contributed by atoms with Crippen LogP contribution in [0.1, 0.15) is 63.0 Å². The lowest BCUT2D eigenvalue weighted by molar-refractivity contribution is -0.141. The van der Waals surface area contributed by atoms with Gasteiger partial charge in [-0.3, -0.25) is 9.59 Å². The highest BCUT2D eigenvalue weighted by atomic mass is 16.5. The number of Topliss-reactive ketones (excluding diaryl/α,β-unsaturated/α-hetero) is 1. The predicted octanol–water partition coefficient (Wildman–Crippen LogP) is 3.41. The molecule has 5 nitrogen and oxygen atoms in total. The largest absolute Gasteiger partial charge is 0.508 e. The van der Waals surface area contributed by atoms with E-state index in [4.69, 9.17) is 0 Å². The van der Waals surface area contributed by atoms with Gasteiger partial charge in [0.1, 0.15) is 17.3 Å². The number of benzene rings is 1. The van der Waals surface area contributed by atoms with Crippen molar-refractivity contribution >= 4 is 11.8 Å². The number of hydrogen-bond donors (Lipinski definition) is 2. The van der Waals surface area contributed by atoms with Gasteiger partial charge in [-0.1, -0.05) is 13.8 Å². The first kappa shape index (κ1) is 17.8. The van der Waals surface area contributed by atoms with Crippen molar-refractivity contribution in [3.05, 3.63) is 23.3 Å². The highest BCUT2D eigenvalue weighted by Crippen LogP contribution is 2.55. The molecule has 3 saturated carbocycles. The minimum absolute atomic E-state index is 0.0456. The molecule has 136 valence electrons. The van der Waals surface area contributed by atoms with Gasteiger partial charge < -0.3 is 14.9 Å². The number of phenols is 2. The van der Waals surface area contributed by atoms with Crippen LogP contribution < -0.4 is 0 Å². The first-order valence-electron chi connectivity index (χ1n) is 8.89. The highest BCUT2D eigenvalue weighted by molar-refractivity contribution is 5.85. The van der Waals surface area contributed by atoms with Crippen LogP contribution in [0.3, 0.4) is 0 Å². The molecule has 3 fully saturated rings. The molecule has 0 radical (unpaired) electrons. The molecular formula is C20H26O5. The van der Waals surface area contributed by atoms with Gasteiger partial charge in [0.2, 0.25) is 0 Å². The second-order valence-electron chi connectivity index (χ2n) is 8.09. The zero-order chi connectivity index (χ0) is 18.4. The first-order valence-corrected chi connectivity index (χ1v) is 8.89. The van der Waals surface area contributed by atoms with Gasteiger partial charge in [0.15, 0.2) is 0 Å². The number of carbonyl (C=O) groups is 2. The van der Waals surface area contributed by atoms with Gasteiger partial charge in [-0.2, -0.15) is 0 Å². The van der Waals surface area contributed by atoms with Gasteiger partial charge in [0.25, 0.3) is 0 Å². The van der Waals surface area contributed by atoms with Crippen molar-refractivity contribution in [1.29, 1.82) is 0 Å². The number of ketones is 1. The summed E-state index contributed by atoms with van der Waals surface area (Å²) in [4.78, 5) is 23.4. The van der Waals surface area contributed by atoms with Gasteiger partial charge in [-0.25, -0.2) is 0 Å². The van der Waals surface area contributed by atoms with E-state index in [9.17, 15) is 19.8 Å². The normalized spacial score (nSPS) is 25.4. The Morgan fingerprint density at radius 3 is 2.36 bits per heavy atom. The molecule has 2 N–H and O–H groups in total. The fourth-order valence-corrected chi connectivity index (χ4v) is 4.20. The molecule has 0 unspecified atom stereocenters. The van der Waals surface area contributed by atoms with Crippen LogP contribution in [0.15, 0.2) is 12.1 Å². The fourth-order valence-electron chi connectivity index (χ4n) is 4.20. The third-order valence-electron chi connectivity index (χ3n) is 6.09. The minimum Gasteiger partial charge on any atom is -0.508 e. The Bertz CT molecular complexity index is 677. The van der Waals surface area contributed by atoms with Gasteiger partial charge >= 0.3 is 5.97 Å².